The fourth-order valence-electron chi connectivity index (χ4n) is 4.92. The van der Waals surface area contributed by atoms with E-state index >= 15 is 0 Å². The lowest BCUT2D eigenvalue weighted by molar-refractivity contribution is -0.136. The molecule has 166 valence electrons. The Morgan fingerprint density at radius 1 is 1.16 bits per heavy atom. The van der Waals surface area contributed by atoms with Gasteiger partial charge in [-0.2, -0.15) is 5.10 Å². The predicted molar refractivity (Wildman–Crippen MR) is 118 cm³/mol. The van der Waals surface area contributed by atoms with Crippen LogP contribution in [-0.4, -0.2) is 61.0 Å². The Hall–Kier alpha value is -3.46. The van der Waals surface area contributed by atoms with Crippen molar-refractivity contribution in [1.82, 2.24) is 25.3 Å². The van der Waals surface area contributed by atoms with Gasteiger partial charge in [0.2, 0.25) is 11.8 Å². The smallest absolute Gasteiger partial charge is 0.233 e. The number of phenolic OH excluding ortho intramolecular Hbond substituents is 1. The van der Waals surface area contributed by atoms with E-state index in [2.05, 4.69) is 20.4 Å². The predicted octanol–water partition coefficient (Wildman–Crippen LogP) is 2.49. The molecule has 2 aromatic heterocycles. The molecular weight excluding hydrogens is 408 g/mol. The van der Waals surface area contributed by atoms with E-state index in [0.717, 1.165) is 36.8 Å². The van der Waals surface area contributed by atoms with E-state index in [0.29, 0.717) is 30.1 Å². The van der Waals surface area contributed by atoms with Gasteiger partial charge in [-0.05, 0) is 36.6 Å². The van der Waals surface area contributed by atoms with Gasteiger partial charge in [-0.15, -0.1) is 10.2 Å². The van der Waals surface area contributed by atoms with Crippen molar-refractivity contribution < 1.29 is 14.6 Å². The number of aromatic hydroxyl groups is 1. The number of aromatic amines is 1. The van der Waals surface area contributed by atoms with E-state index in [1.54, 1.807) is 30.6 Å². The van der Waals surface area contributed by atoms with Gasteiger partial charge >= 0.3 is 0 Å². The minimum Gasteiger partial charge on any atom is -0.507 e. The molecule has 1 aromatic carbocycles. The largest absolute Gasteiger partial charge is 0.507 e. The number of piperidine rings is 1. The minimum absolute atomic E-state index is 0.0113. The summed E-state index contributed by atoms with van der Waals surface area (Å²) in [6.45, 7) is 0.387. The molecule has 2 saturated heterocycles. The van der Waals surface area contributed by atoms with Crippen LogP contribution in [0.1, 0.15) is 32.1 Å². The van der Waals surface area contributed by atoms with Crippen LogP contribution in [-0.2, 0) is 4.79 Å². The first-order chi connectivity index (χ1) is 15.6. The van der Waals surface area contributed by atoms with E-state index in [1.807, 2.05) is 17.0 Å². The van der Waals surface area contributed by atoms with Crippen molar-refractivity contribution in [3.63, 3.8) is 0 Å². The van der Waals surface area contributed by atoms with Crippen LogP contribution >= 0.6 is 0 Å². The highest BCUT2D eigenvalue weighted by atomic mass is 16.5. The molecule has 4 N–H and O–H groups in total. The van der Waals surface area contributed by atoms with Crippen LogP contribution in [0, 0.1) is 0 Å². The molecule has 0 radical (unpaired) electrons. The van der Waals surface area contributed by atoms with E-state index < -0.39 is 0 Å². The van der Waals surface area contributed by atoms with Crippen LogP contribution in [0.2, 0.25) is 0 Å². The van der Waals surface area contributed by atoms with Gasteiger partial charge in [0, 0.05) is 61.3 Å². The minimum atomic E-state index is 0.0113. The molecule has 2 fully saturated rings. The third-order valence-corrected chi connectivity index (χ3v) is 6.37. The first-order valence-electron chi connectivity index (χ1n) is 11.0. The summed E-state index contributed by atoms with van der Waals surface area (Å²) < 4.78 is 6.10. The molecule has 0 spiro atoms. The summed E-state index contributed by atoms with van der Waals surface area (Å²) in [6.07, 6.45) is 7.51. The van der Waals surface area contributed by atoms with Crippen molar-refractivity contribution in [3.8, 4) is 34.0 Å². The third kappa shape index (κ3) is 3.91. The molecule has 2 aliphatic heterocycles. The van der Waals surface area contributed by atoms with E-state index in [9.17, 15) is 9.90 Å². The lowest BCUT2D eigenvalue weighted by Crippen LogP contribution is -2.49. The Morgan fingerprint density at radius 2 is 1.97 bits per heavy atom. The molecule has 0 aliphatic carbocycles. The number of fused-ring (bicyclic) bond motifs is 2. The average Bonchev–Trinajstić information content (AvgIpc) is 3.42. The Balaban J connectivity index is 1.25. The summed E-state index contributed by atoms with van der Waals surface area (Å²) in [6, 6.07) is 9.41. The number of phenols is 1. The van der Waals surface area contributed by atoms with E-state index in [1.165, 1.54) is 0 Å². The van der Waals surface area contributed by atoms with Gasteiger partial charge in [0.1, 0.15) is 11.9 Å². The topological polar surface area (TPSA) is 130 Å². The number of H-pyrrole nitrogens is 1. The highest BCUT2D eigenvalue weighted by molar-refractivity contribution is 5.77. The molecule has 3 aromatic rings. The number of aromatic nitrogens is 4. The Labute approximate surface area is 185 Å². The van der Waals surface area contributed by atoms with Crippen molar-refractivity contribution in [2.75, 3.05) is 6.54 Å². The number of nitrogens with one attached hydrogen (secondary N) is 1. The second kappa shape index (κ2) is 8.58. The third-order valence-electron chi connectivity index (χ3n) is 6.37. The molecule has 0 saturated carbocycles. The van der Waals surface area contributed by atoms with Crippen LogP contribution in [0.15, 0.2) is 42.7 Å². The van der Waals surface area contributed by atoms with E-state index in [4.69, 9.17) is 10.5 Å². The Bertz CT molecular complexity index is 1070. The normalized spacial score (nSPS) is 22.2. The summed E-state index contributed by atoms with van der Waals surface area (Å²) in [5, 5.41) is 25.7. The van der Waals surface area contributed by atoms with Crippen LogP contribution in [0.3, 0.4) is 0 Å². The average molecular weight is 435 g/mol. The van der Waals surface area contributed by atoms with E-state index in [-0.39, 0.29) is 29.8 Å². The van der Waals surface area contributed by atoms with Gasteiger partial charge in [0.25, 0.3) is 0 Å². The van der Waals surface area contributed by atoms with Crippen molar-refractivity contribution >= 4 is 5.91 Å². The molecule has 4 heterocycles. The SMILES string of the molecule is NCCC(=O)N1C2CC[C@H]1CC(Oc1ccc(-c3ccc(-c4cn[nH]c4)cc3O)nn1)C2. The number of nitrogens with zero attached hydrogens (tertiary/aromatic N) is 4. The van der Waals surface area contributed by atoms with Crippen molar-refractivity contribution in [2.45, 2.75) is 50.3 Å². The number of amides is 1. The monoisotopic (exact) mass is 434 g/mol. The number of benzene rings is 1. The highest BCUT2D eigenvalue weighted by Crippen LogP contribution is 2.38. The van der Waals surface area contributed by atoms with Gasteiger partial charge in [-0.25, -0.2) is 0 Å². The molecule has 5 rings (SSSR count). The molecule has 3 atom stereocenters. The zero-order valence-electron chi connectivity index (χ0n) is 17.6. The Morgan fingerprint density at radius 3 is 2.59 bits per heavy atom. The number of ether oxygens (including phenoxy) is 1. The maximum Gasteiger partial charge on any atom is 0.233 e. The molecular formula is C23H26N6O3. The quantitative estimate of drug-likeness (QED) is 0.543. The first-order valence-corrected chi connectivity index (χ1v) is 11.0. The summed E-state index contributed by atoms with van der Waals surface area (Å²) in [7, 11) is 0. The molecule has 32 heavy (non-hydrogen) atoms. The molecule has 1 amide bonds. The maximum atomic E-state index is 12.4. The van der Waals surface area contributed by atoms with Gasteiger partial charge in [-0.1, -0.05) is 6.07 Å². The van der Waals surface area contributed by atoms with Gasteiger partial charge in [-0.3, -0.25) is 9.89 Å². The summed E-state index contributed by atoms with van der Waals surface area (Å²) in [5.41, 5.74) is 8.48. The highest BCUT2D eigenvalue weighted by Gasteiger charge is 2.43. The lowest BCUT2D eigenvalue weighted by Gasteiger charge is -2.38. The lowest BCUT2D eigenvalue weighted by atomic mass is 9.99. The standard InChI is InChI=1S/C23H26N6O3/c24-8-7-23(31)29-16-2-3-17(29)11-18(10-16)32-22-6-5-20(27-28-22)19-4-1-14(9-21(19)30)15-12-25-26-13-15/h1,4-6,9,12-13,16-18,30H,2-3,7-8,10-11,24H2,(H,25,26)/t16-,17?,18?/m0/s1. The molecule has 9 heteroatoms. The van der Waals surface area contributed by atoms with Crippen LogP contribution in [0.25, 0.3) is 22.4 Å². The molecule has 2 aliphatic rings. The zero-order valence-corrected chi connectivity index (χ0v) is 17.6. The fourth-order valence-corrected chi connectivity index (χ4v) is 4.92. The summed E-state index contributed by atoms with van der Waals surface area (Å²) in [4.78, 5) is 14.4. The second-order valence-corrected chi connectivity index (χ2v) is 8.41. The van der Waals surface area contributed by atoms with Crippen molar-refractivity contribution in [1.29, 1.82) is 0 Å². The van der Waals surface area contributed by atoms with Gasteiger partial charge in [0.05, 0.1) is 11.9 Å². The number of nitrogens with two attached hydrogens (primary N) is 1. The number of hydrogen-bond donors (Lipinski definition) is 3. The van der Waals surface area contributed by atoms with Crippen molar-refractivity contribution in [2.24, 2.45) is 5.73 Å². The van der Waals surface area contributed by atoms with Gasteiger partial charge in [0.15, 0.2) is 0 Å². The van der Waals surface area contributed by atoms with Crippen molar-refractivity contribution in [3.05, 3.63) is 42.7 Å². The molecule has 2 bridgehead atoms. The number of carbonyl (C=O) groups is 1. The second-order valence-electron chi connectivity index (χ2n) is 8.41. The fraction of sp³-hybridized carbons (Fsp3) is 0.391. The molecule has 2 unspecified atom stereocenters. The number of hydrogen-bond acceptors (Lipinski definition) is 7. The zero-order chi connectivity index (χ0) is 22.1. The number of carbonyl (C=O) groups excluding carboxylic acids is 1. The maximum absolute atomic E-state index is 12.4. The van der Waals surface area contributed by atoms with Crippen LogP contribution in [0.5, 0.6) is 11.6 Å². The first kappa shape index (κ1) is 20.4. The van der Waals surface area contributed by atoms with Gasteiger partial charge < -0.3 is 20.5 Å². The van der Waals surface area contributed by atoms with Crippen LogP contribution < -0.4 is 10.5 Å². The van der Waals surface area contributed by atoms with Crippen LogP contribution in [0.4, 0.5) is 0 Å². The summed E-state index contributed by atoms with van der Waals surface area (Å²) >= 11 is 0. The summed E-state index contributed by atoms with van der Waals surface area (Å²) in [5.74, 6) is 0.730. The Kier molecular flexibility index (Phi) is 5.48. The number of rotatable bonds is 6. The molecule has 9 nitrogen and oxygen atoms in total.